The Labute approximate surface area is 199 Å². The van der Waals surface area contributed by atoms with Crippen molar-refractivity contribution in [1.82, 2.24) is 19.7 Å². The highest BCUT2D eigenvalue weighted by molar-refractivity contribution is 7.99. The van der Waals surface area contributed by atoms with Crippen molar-refractivity contribution in [2.75, 3.05) is 11.5 Å². The van der Waals surface area contributed by atoms with Gasteiger partial charge in [-0.15, -0.1) is 20.4 Å². The largest absolute Gasteiger partial charge is 0.385 e. The lowest BCUT2D eigenvalue weighted by Gasteiger charge is -2.10. The van der Waals surface area contributed by atoms with Crippen LogP contribution in [0.3, 0.4) is 0 Å². The topological polar surface area (TPSA) is 114 Å². The third kappa shape index (κ3) is 4.33. The summed E-state index contributed by atoms with van der Waals surface area (Å²) in [6.45, 7) is 2.04. The second kappa shape index (κ2) is 9.32. The number of H-pyrrole nitrogens is 1. The Hall–Kier alpha value is -4.24. The van der Waals surface area contributed by atoms with Gasteiger partial charge in [0.05, 0.1) is 5.75 Å². The van der Waals surface area contributed by atoms with Gasteiger partial charge in [0.25, 0.3) is 5.91 Å². The van der Waals surface area contributed by atoms with Crippen LogP contribution in [0.15, 0.2) is 94.2 Å². The summed E-state index contributed by atoms with van der Waals surface area (Å²) < 4.78 is 1.95. The van der Waals surface area contributed by atoms with Crippen LogP contribution < -0.4 is 5.73 Å². The molecule has 34 heavy (non-hydrogen) atoms. The van der Waals surface area contributed by atoms with Crippen LogP contribution >= 0.6 is 11.8 Å². The van der Waals surface area contributed by atoms with E-state index in [0.29, 0.717) is 22.6 Å². The van der Waals surface area contributed by atoms with E-state index in [4.69, 9.17) is 5.73 Å². The van der Waals surface area contributed by atoms with Crippen molar-refractivity contribution < 1.29 is 4.79 Å². The van der Waals surface area contributed by atoms with Crippen LogP contribution in [0.1, 0.15) is 5.56 Å². The zero-order valence-electron chi connectivity index (χ0n) is 18.3. The van der Waals surface area contributed by atoms with Crippen LogP contribution in [0.2, 0.25) is 0 Å². The standard InChI is InChI=1S/C25H21N7OS/c1-16-11-13-18(14-12-16)32-24(17-7-3-2-4-8-17)30-31-25(32)34-15-21(33)28-29-23-20-10-6-5-9-19(20)22(26)27-23/h2-14,27H,15,26H2,1H3. The van der Waals surface area contributed by atoms with E-state index in [0.717, 1.165) is 27.6 Å². The molecule has 5 aromatic rings. The van der Waals surface area contributed by atoms with Crippen molar-refractivity contribution in [2.45, 2.75) is 12.1 Å². The van der Waals surface area contributed by atoms with Crippen LogP contribution in [0.4, 0.5) is 11.6 Å². The number of aromatic amines is 1. The molecule has 2 heterocycles. The van der Waals surface area contributed by atoms with Gasteiger partial charge in [-0.05, 0) is 19.1 Å². The first-order valence-corrected chi connectivity index (χ1v) is 11.6. The van der Waals surface area contributed by atoms with Crippen molar-refractivity contribution in [3.8, 4) is 17.1 Å². The van der Waals surface area contributed by atoms with Gasteiger partial charge < -0.3 is 10.7 Å². The smallest absolute Gasteiger partial charge is 0.275 e. The molecule has 8 nitrogen and oxygen atoms in total. The summed E-state index contributed by atoms with van der Waals surface area (Å²) in [5.41, 5.74) is 8.99. The van der Waals surface area contributed by atoms with E-state index in [-0.39, 0.29) is 11.7 Å². The quantitative estimate of drug-likeness (QED) is 0.245. The fourth-order valence-electron chi connectivity index (χ4n) is 3.59. The highest BCUT2D eigenvalue weighted by Crippen LogP contribution is 2.31. The maximum atomic E-state index is 12.5. The zero-order valence-corrected chi connectivity index (χ0v) is 19.2. The molecule has 168 valence electrons. The summed E-state index contributed by atoms with van der Waals surface area (Å²) in [6, 6.07) is 25.5. The second-order valence-electron chi connectivity index (χ2n) is 7.66. The number of fused-ring (bicyclic) bond motifs is 1. The number of hydrogen-bond acceptors (Lipinski definition) is 6. The van der Waals surface area contributed by atoms with Crippen LogP contribution in [0.5, 0.6) is 0 Å². The zero-order chi connectivity index (χ0) is 23.5. The number of nitrogen functional groups attached to an aromatic ring is 1. The molecule has 0 aliphatic carbocycles. The predicted octanol–water partition coefficient (Wildman–Crippen LogP) is 5.71. The number of nitrogens with one attached hydrogen (secondary N) is 1. The summed E-state index contributed by atoms with van der Waals surface area (Å²) in [5, 5.41) is 19.0. The number of amides is 1. The van der Waals surface area contributed by atoms with Gasteiger partial charge in [0, 0.05) is 22.0 Å². The molecule has 9 heteroatoms. The maximum Gasteiger partial charge on any atom is 0.275 e. The van der Waals surface area contributed by atoms with Gasteiger partial charge in [-0.2, -0.15) is 0 Å². The summed E-state index contributed by atoms with van der Waals surface area (Å²) >= 11 is 1.26. The number of carbonyl (C=O) groups excluding carboxylic acids is 1. The number of benzene rings is 3. The monoisotopic (exact) mass is 467 g/mol. The SMILES string of the molecule is Cc1ccc(-n2c(SCC(=O)N=Nc3[nH]c(N)c4ccccc34)nnc2-c2ccccc2)cc1. The summed E-state index contributed by atoms with van der Waals surface area (Å²) in [5.74, 6) is 1.33. The molecule has 0 spiro atoms. The third-order valence-corrected chi connectivity index (χ3v) is 6.18. The molecule has 0 radical (unpaired) electrons. The number of hydrogen-bond donors (Lipinski definition) is 2. The van der Waals surface area contributed by atoms with Gasteiger partial charge in [-0.1, -0.05) is 84.1 Å². The van der Waals surface area contributed by atoms with Crippen LogP contribution in [0.25, 0.3) is 27.8 Å². The molecule has 3 aromatic carbocycles. The highest BCUT2D eigenvalue weighted by Gasteiger charge is 2.17. The van der Waals surface area contributed by atoms with Crippen molar-refractivity contribution in [1.29, 1.82) is 0 Å². The lowest BCUT2D eigenvalue weighted by molar-refractivity contribution is -0.115. The average molecular weight is 468 g/mol. The molecule has 1 amide bonds. The Balaban J connectivity index is 1.39. The Morgan fingerprint density at radius 3 is 2.44 bits per heavy atom. The molecule has 2 aromatic heterocycles. The van der Waals surface area contributed by atoms with Gasteiger partial charge in [0.15, 0.2) is 16.8 Å². The second-order valence-corrected chi connectivity index (χ2v) is 8.60. The molecule has 0 saturated carbocycles. The average Bonchev–Trinajstić information content (AvgIpc) is 3.44. The van der Waals surface area contributed by atoms with Gasteiger partial charge >= 0.3 is 0 Å². The van der Waals surface area contributed by atoms with Gasteiger partial charge in [-0.3, -0.25) is 9.36 Å². The van der Waals surface area contributed by atoms with Crippen molar-refractivity contribution in [3.05, 3.63) is 84.4 Å². The van der Waals surface area contributed by atoms with Gasteiger partial charge in [0.1, 0.15) is 5.82 Å². The van der Waals surface area contributed by atoms with E-state index in [1.807, 2.05) is 90.4 Å². The number of thioether (sulfide) groups is 1. The third-order valence-electron chi connectivity index (χ3n) is 5.27. The summed E-state index contributed by atoms with van der Waals surface area (Å²) in [7, 11) is 0. The molecule has 0 aliphatic heterocycles. The van der Waals surface area contributed by atoms with Crippen LogP contribution in [0, 0.1) is 6.92 Å². The summed E-state index contributed by atoms with van der Waals surface area (Å²) in [4.78, 5) is 15.5. The van der Waals surface area contributed by atoms with E-state index in [1.54, 1.807) is 0 Å². The van der Waals surface area contributed by atoms with Crippen molar-refractivity contribution in [3.63, 3.8) is 0 Å². The minimum atomic E-state index is -0.387. The Morgan fingerprint density at radius 2 is 1.68 bits per heavy atom. The molecular formula is C25H21N7OS. The highest BCUT2D eigenvalue weighted by atomic mass is 32.2. The van der Waals surface area contributed by atoms with Crippen molar-refractivity contribution >= 4 is 40.1 Å². The number of nitrogens with zero attached hydrogens (tertiary/aromatic N) is 5. The normalized spacial score (nSPS) is 11.4. The molecule has 0 unspecified atom stereocenters. The first-order chi connectivity index (χ1) is 16.6. The minimum absolute atomic E-state index is 0.0659. The molecular weight excluding hydrogens is 446 g/mol. The number of rotatable bonds is 6. The van der Waals surface area contributed by atoms with E-state index in [2.05, 4.69) is 25.4 Å². The maximum absolute atomic E-state index is 12.5. The van der Waals surface area contributed by atoms with E-state index in [9.17, 15) is 4.79 Å². The number of aryl methyl sites for hydroxylation is 1. The Kier molecular flexibility index (Phi) is 5.92. The van der Waals surface area contributed by atoms with E-state index >= 15 is 0 Å². The van der Waals surface area contributed by atoms with Gasteiger partial charge in [0.2, 0.25) is 0 Å². The molecule has 3 N–H and O–H groups in total. The van der Waals surface area contributed by atoms with Crippen LogP contribution in [-0.2, 0) is 4.79 Å². The fraction of sp³-hybridized carbons (Fsp3) is 0.0800. The number of azo groups is 1. The minimum Gasteiger partial charge on any atom is -0.385 e. The van der Waals surface area contributed by atoms with E-state index in [1.165, 1.54) is 11.8 Å². The molecule has 0 atom stereocenters. The first kappa shape index (κ1) is 21.6. The summed E-state index contributed by atoms with van der Waals surface area (Å²) in [6.07, 6.45) is 0. The number of anilines is 1. The molecule has 5 rings (SSSR count). The Bertz CT molecular complexity index is 1490. The van der Waals surface area contributed by atoms with E-state index < -0.39 is 0 Å². The first-order valence-electron chi connectivity index (χ1n) is 10.6. The lowest BCUT2D eigenvalue weighted by Crippen LogP contribution is -2.02. The molecule has 0 saturated heterocycles. The molecule has 0 aliphatic rings. The molecule has 0 fully saturated rings. The predicted molar refractivity (Wildman–Crippen MR) is 134 cm³/mol. The fourth-order valence-corrected chi connectivity index (χ4v) is 4.32. The number of carbonyl (C=O) groups is 1. The lowest BCUT2D eigenvalue weighted by atomic mass is 10.2. The molecule has 0 bridgehead atoms. The van der Waals surface area contributed by atoms with Crippen molar-refractivity contribution in [2.24, 2.45) is 10.2 Å². The number of nitrogens with two attached hydrogens (primary N) is 1. The van der Waals surface area contributed by atoms with Crippen LogP contribution in [-0.4, -0.2) is 31.4 Å². The Morgan fingerprint density at radius 1 is 0.971 bits per heavy atom. The number of aromatic nitrogens is 4. The van der Waals surface area contributed by atoms with Gasteiger partial charge in [-0.25, -0.2) is 0 Å².